The normalized spacial score (nSPS) is 21.4. The molecule has 1 aromatic heterocycles. The number of Topliss-reactive ketones (excluding diaryl/α,β-unsaturated/α-hetero) is 1. The Morgan fingerprint density at radius 2 is 1.84 bits per heavy atom. The molecule has 0 saturated heterocycles. The number of allylic oxidation sites excluding steroid dienone is 3. The minimum atomic E-state index is -1.05. The molecule has 196 valence electrons. The lowest BCUT2D eigenvalue weighted by molar-refractivity contribution is -0.152. The molecule has 2 aromatic rings. The molecule has 9 heteroatoms. The second-order valence-corrected chi connectivity index (χ2v) is 10.6. The van der Waals surface area contributed by atoms with Gasteiger partial charge in [-0.2, -0.15) is 0 Å². The van der Waals surface area contributed by atoms with Crippen molar-refractivity contribution in [3.05, 3.63) is 78.7 Å². The number of thiophene rings is 1. The highest BCUT2D eigenvalue weighted by atomic mass is 35.5. The molecule has 3 atom stereocenters. The van der Waals surface area contributed by atoms with E-state index in [0.717, 1.165) is 11.3 Å². The van der Waals surface area contributed by atoms with Gasteiger partial charge in [0.05, 0.1) is 28.8 Å². The molecule has 0 radical (unpaired) electrons. The predicted octanol–water partition coefficient (Wildman–Crippen LogP) is 6.55. The van der Waals surface area contributed by atoms with Crippen molar-refractivity contribution in [1.29, 1.82) is 0 Å². The van der Waals surface area contributed by atoms with Gasteiger partial charge in [0.15, 0.2) is 5.78 Å². The van der Waals surface area contributed by atoms with Gasteiger partial charge in [-0.3, -0.25) is 9.59 Å². The summed E-state index contributed by atoms with van der Waals surface area (Å²) in [4.78, 5) is 41.8. The summed E-state index contributed by atoms with van der Waals surface area (Å²) in [5.74, 6) is -3.77. The molecule has 0 unspecified atom stereocenters. The molecule has 0 spiro atoms. The third kappa shape index (κ3) is 5.22. The largest absolute Gasteiger partial charge is 0.465 e. The second-order valence-electron chi connectivity index (χ2n) is 8.88. The Kier molecular flexibility index (Phi) is 8.78. The van der Waals surface area contributed by atoms with Crippen LogP contribution < -0.4 is 5.32 Å². The van der Waals surface area contributed by atoms with E-state index < -0.39 is 23.8 Å². The molecule has 2 aliphatic rings. The van der Waals surface area contributed by atoms with Crippen molar-refractivity contribution in [1.82, 2.24) is 5.32 Å². The molecule has 0 amide bonds. The summed E-state index contributed by atoms with van der Waals surface area (Å²) in [7, 11) is 0. The first kappa shape index (κ1) is 27.4. The topological polar surface area (TPSA) is 81.7 Å². The number of rotatable bonds is 8. The van der Waals surface area contributed by atoms with Crippen LogP contribution in [-0.4, -0.2) is 30.9 Å². The monoisotopic (exact) mass is 561 g/mol. The van der Waals surface area contributed by atoms with Crippen molar-refractivity contribution in [2.24, 2.45) is 5.92 Å². The van der Waals surface area contributed by atoms with E-state index in [-0.39, 0.29) is 29.9 Å². The number of carbonyl (C=O) groups excluding carboxylic acids is 3. The number of halogens is 2. The van der Waals surface area contributed by atoms with E-state index in [4.69, 9.17) is 32.7 Å². The molecule has 4 rings (SSSR count). The van der Waals surface area contributed by atoms with Crippen LogP contribution in [0.5, 0.6) is 0 Å². The van der Waals surface area contributed by atoms with Crippen molar-refractivity contribution in [3.63, 3.8) is 0 Å². The SMILES string of the molecule is CCCC1=C(C(=O)OCC)[C@H](c2cccc(Cl)c2Cl)C2=C(C[C@@H](c3cccs3)[C@H](C(=O)OCC)C2=O)N1. The van der Waals surface area contributed by atoms with Crippen LogP contribution in [0.15, 0.2) is 58.3 Å². The predicted molar refractivity (Wildman–Crippen MR) is 145 cm³/mol. The molecule has 1 N–H and O–H groups in total. The smallest absolute Gasteiger partial charge is 0.336 e. The quantitative estimate of drug-likeness (QED) is 0.290. The zero-order valence-corrected chi connectivity index (χ0v) is 23.3. The zero-order valence-electron chi connectivity index (χ0n) is 20.9. The Morgan fingerprint density at radius 1 is 1.08 bits per heavy atom. The van der Waals surface area contributed by atoms with Crippen LogP contribution in [0.1, 0.15) is 62.3 Å². The van der Waals surface area contributed by atoms with E-state index in [1.165, 1.54) is 11.3 Å². The van der Waals surface area contributed by atoms with Crippen LogP contribution in [0.3, 0.4) is 0 Å². The van der Waals surface area contributed by atoms with E-state index in [1.807, 2.05) is 24.4 Å². The number of benzene rings is 1. The molecule has 6 nitrogen and oxygen atoms in total. The van der Waals surface area contributed by atoms with Gasteiger partial charge in [-0.05, 0) is 49.8 Å². The van der Waals surface area contributed by atoms with E-state index in [0.29, 0.717) is 46.0 Å². The fourth-order valence-electron chi connectivity index (χ4n) is 5.17. The van der Waals surface area contributed by atoms with Gasteiger partial charge in [0.2, 0.25) is 0 Å². The summed E-state index contributed by atoms with van der Waals surface area (Å²) in [6.07, 6.45) is 1.74. The average molecular weight is 563 g/mol. The Bertz CT molecular complexity index is 1270. The molecule has 1 aliphatic carbocycles. The highest BCUT2D eigenvalue weighted by Crippen LogP contribution is 2.50. The average Bonchev–Trinajstić information content (AvgIpc) is 3.40. The first-order chi connectivity index (χ1) is 17.8. The summed E-state index contributed by atoms with van der Waals surface area (Å²) >= 11 is 14.6. The molecule has 1 aliphatic heterocycles. The molecule has 0 saturated carbocycles. The molecule has 2 heterocycles. The fourth-order valence-corrected chi connectivity index (χ4v) is 6.45. The molecular weight excluding hydrogens is 533 g/mol. The van der Waals surface area contributed by atoms with Gasteiger partial charge >= 0.3 is 11.9 Å². The summed E-state index contributed by atoms with van der Waals surface area (Å²) in [5, 5.41) is 5.89. The summed E-state index contributed by atoms with van der Waals surface area (Å²) in [6, 6.07) is 8.98. The fraction of sp³-hybridized carbons (Fsp3) is 0.393. The third-order valence-electron chi connectivity index (χ3n) is 6.64. The van der Waals surface area contributed by atoms with Crippen LogP contribution in [-0.2, 0) is 23.9 Å². The van der Waals surface area contributed by atoms with Crippen LogP contribution in [0, 0.1) is 5.92 Å². The molecule has 0 fully saturated rings. The molecule has 37 heavy (non-hydrogen) atoms. The summed E-state index contributed by atoms with van der Waals surface area (Å²) in [5.41, 5.74) is 2.54. The number of ether oxygens (including phenoxy) is 2. The van der Waals surface area contributed by atoms with Crippen LogP contribution in [0.25, 0.3) is 0 Å². The van der Waals surface area contributed by atoms with Crippen molar-refractivity contribution in [2.75, 3.05) is 13.2 Å². The maximum atomic E-state index is 14.3. The number of carbonyl (C=O) groups is 3. The van der Waals surface area contributed by atoms with Gasteiger partial charge in [-0.25, -0.2) is 4.79 Å². The number of hydrogen-bond donors (Lipinski definition) is 1. The van der Waals surface area contributed by atoms with Crippen molar-refractivity contribution in [2.45, 2.75) is 51.9 Å². The maximum absolute atomic E-state index is 14.3. The first-order valence-corrected chi connectivity index (χ1v) is 14.1. The highest BCUT2D eigenvalue weighted by molar-refractivity contribution is 7.10. The summed E-state index contributed by atoms with van der Waals surface area (Å²) in [6.45, 7) is 5.78. The number of esters is 2. The minimum absolute atomic E-state index is 0.155. The van der Waals surface area contributed by atoms with Gasteiger partial charge in [-0.1, -0.05) is 54.7 Å². The summed E-state index contributed by atoms with van der Waals surface area (Å²) < 4.78 is 10.8. The van der Waals surface area contributed by atoms with E-state index in [2.05, 4.69) is 5.32 Å². The third-order valence-corrected chi connectivity index (χ3v) is 8.48. The van der Waals surface area contributed by atoms with Crippen LogP contribution in [0.2, 0.25) is 10.0 Å². The highest BCUT2D eigenvalue weighted by Gasteiger charge is 2.50. The minimum Gasteiger partial charge on any atom is -0.465 e. The number of hydrogen-bond acceptors (Lipinski definition) is 7. The maximum Gasteiger partial charge on any atom is 0.336 e. The lowest BCUT2D eigenvalue weighted by atomic mass is 9.68. The lowest BCUT2D eigenvalue weighted by Crippen LogP contribution is -2.43. The lowest BCUT2D eigenvalue weighted by Gasteiger charge is -2.39. The Balaban J connectivity index is 1.96. The molecular formula is C28H29Cl2NO5S. The van der Waals surface area contributed by atoms with Gasteiger partial charge in [0.1, 0.15) is 5.92 Å². The Hall–Kier alpha value is -2.61. The van der Waals surface area contributed by atoms with Gasteiger partial charge in [0.25, 0.3) is 0 Å². The van der Waals surface area contributed by atoms with E-state index in [1.54, 1.807) is 32.0 Å². The zero-order chi connectivity index (χ0) is 26.7. The number of dihydropyridines is 1. The van der Waals surface area contributed by atoms with Crippen LogP contribution in [0.4, 0.5) is 0 Å². The van der Waals surface area contributed by atoms with Gasteiger partial charge in [-0.15, -0.1) is 11.3 Å². The second kappa shape index (κ2) is 11.8. The Labute approximate surface area is 230 Å². The van der Waals surface area contributed by atoms with E-state index >= 15 is 0 Å². The standard InChI is InChI=1S/C28H29Cl2NO5S/c1-4-9-18-24(28(34)36-6-3)21(15-10-7-11-17(29)25(15)30)23-19(31-18)14-16(20-12-8-13-37-20)22(26(23)32)27(33)35-5-2/h7-8,10-13,16,21-22,31H,4-6,9,14H2,1-3H3/t16-,21+,22-/m0/s1. The van der Waals surface area contributed by atoms with Gasteiger partial charge in [0, 0.05) is 33.7 Å². The number of ketones is 1. The number of nitrogens with one attached hydrogen (secondary N) is 1. The van der Waals surface area contributed by atoms with E-state index in [9.17, 15) is 14.4 Å². The van der Waals surface area contributed by atoms with Crippen molar-refractivity contribution in [3.8, 4) is 0 Å². The van der Waals surface area contributed by atoms with Crippen molar-refractivity contribution < 1.29 is 23.9 Å². The molecule has 1 aromatic carbocycles. The first-order valence-electron chi connectivity index (χ1n) is 12.4. The Morgan fingerprint density at radius 3 is 2.49 bits per heavy atom. The van der Waals surface area contributed by atoms with Gasteiger partial charge < -0.3 is 14.8 Å². The van der Waals surface area contributed by atoms with Crippen LogP contribution >= 0.6 is 34.5 Å². The van der Waals surface area contributed by atoms with Crippen molar-refractivity contribution >= 4 is 52.3 Å². The molecule has 0 bridgehead atoms.